The molecular formula is C61H64N6O28S. The quantitative estimate of drug-likeness (QED) is 0.0249. The van der Waals surface area contributed by atoms with E-state index in [1.54, 1.807) is 39.0 Å². The van der Waals surface area contributed by atoms with Crippen molar-refractivity contribution in [3.8, 4) is 28.7 Å². The number of thioether (sulfide) groups is 1. The van der Waals surface area contributed by atoms with Gasteiger partial charge >= 0.3 is 48.7 Å². The maximum atomic E-state index is 15.2. The number of para-hydroxylation sites is 3. The van der Waals surface area contributed by atoms with Crippen LogP contribution in [-0.4, -0.2) is 189 Å². The van der Waals surface area contributed by atoms with Crippen LogP contribution in [0.15, 0.2) is 98.9 Å². The molecule has 7 rings (SSSR count). The molecular weight excluding hydrogens is 1300 g/mol. The summed E-state index contributed by atoms with van der Waals surface area (Å²) in [6, 6.07) is 14.5. The van der Waals surface area contributed by atoms with Crippen LogP contribution in [0.5, 0.6) is 28.7 Å². The van der Waals surface area contributed by atoms with Gasteiger partial charge in [-0.25, -0.2) is 42.9 Å². The third-order valence-corrected chi connectivity index (χ3v) is 15.7. The van der Waals surface area contributed by atoms with Crippen molar-refractivity contribution in [2.24, 2.45) is 0 Å². The smallest absolute Gasteiger partial charge is 0.437 e. The first-order valence-corrected chi connectivity index (χ1v) is 29.7. The van der Waals surface area contributed by atoms with Crippen LogP contribution in [-0.2, 0) is 63.6 Å². The first-order chi connectivity index (χ1) is 45.8. The Hall–Kier alpha value is -11.4. The number of nitrogens with zero attached hydrogens (tertiary/aromatic N) is 4. The molecule has 5 atom stereocenters. The second kappa shape index (κ2) is 32.4. The highest BCUT2D eigenvalue weighted by atomic mass is 32.2. The Morgan fingerprint density at radius 2 is 1.12 bits per heavy atom. The molecule has 5 aromatic rings. The zero-order valence-corrected chi connectivity index (χ0v) is 53.6. The molecule has 35 heteroatoms. The Bertz CT molecular complexity index is 3930. The Morgan fingerprint density at radius 3 is 1.69 bits per heavy atom. The Labute approximate surface area is 548 Å². The molecule has 0 spiro atoms. The number of methoxy groups -OCH3 is 5. The highest BCUT2D eigenvalue weighted by molar-refractivity contribution is 8.01. The summed E-state index contributed by atoms with van der Waals surface area (Å²) in [6.07, 6.45) is -9.67. The predicted octanol–water partition coefficient (Wildman–Crippen LogP) is 5.21. The van der Waals surface area contributed by atoms with Gasteiger partial charge in [-0.2, -0.15) is 0 Å². The fraction of sp³-hybridized carbons (Fsp3) is 0.377. The Balaban J connectivity index is 1.22. The molecule has 0 bridgehead atoms. The summed E-state index contributed by atoms with van der Waals surface area (Å²) >= 11 is 1.16. The summed E-state index contributed by atoms with van der Waals surface area (Å²) in [5.74, 6) is -9.66. The van der Waals surface area contributed by atoms with Gasteiger partial charge in [0.05, 0.1) is 65.2 Å². The predicted molar refractivity (Wildman–Crippen MR) is 325 cm³/mol. The van der Waals surface area contributed by atoms with Crippen molar-refractivity contribution in [2.45, 2.75) is 81.6 Å². The molecule has 0 radical (unpaired) electrons. The molecule has 2 unspecified atom stereocenters. The summed E-state index contributed by atoms with van der Waals surface area (Å²) in [5, 5.41) is 4.23. The van der Waals surface area contributed by atoms with Crippen molar-refractivity contribution in [3.63, 3.8) is 0 Å². The first-order valence-electron chi connectivity index (χ1n) is 28.8. The van der Waals surface area contributed by atoms with Gasteiger partial charge in [0, 0.05) is 37.8 Å². The lowest BCUT2D eigenvalue weighted by atomic mass is 9.95. The van der Waals surface area contributed by atoms with Gasteiger partial charge < -0.3 is 91.3 Å². The van der Waals surface area contributed by atoms with E-state index >= 15 is 9.59 Å². The molecule has 512 valence electrons. The van der Waals surface area contributed by atoms with E-state index < -0.39 is 185 Å². The van der Waals surface area contributed by atoms with Gasteiger partial charge in [0.25, 0.3) is 17.4 Å². The van der Waals surface area contributed by atoms with Crippen LogP contribution in [0, 0.1) is 0 Å². The molecule has 2 aliphatic rings. The monoisotopic (exact) mass is 1360 g/mol. The lowest BCUT2D eigenvalue weighted by molar-refractivity contribution is -0.180. The summed E-state index contributed by atoms with van der Waals surface area (Å²) in [5.41, 5.74) is -2.11. The third-order valence-electron chi connectivity index (χ3n) is 14.1. The number of benzene rings is 4. The average molecular weight is 1360 g/mol. The van der Waals surface area contributed by atoms with Crippen LogP contribution in [0.2, 0.25) is 0 Å². The van der Waals surface area contributed by atoms with Gasteiger partial charge in [-0.15, -0.1) is 11.8 Å². The van der Waals surface area contributed by atoms with Crippen LogP contribution in [0.1, 0.15) is 72.9 Å². The van der Waals surface area contributed by atoms with Gasteiger partial charge in [0.1, 0.15) is 23.5 Å². The summed E-state index contributed by atoms with van der Waals surface area (Å²) in [7, 11) is 4.85. The van der Waals surface area contributed by atoms with Crippen molar-refractivity contribution < 1.29 is 124 Å². The van der Waals surface area contributed by atoms with Gasteiger partial charge in [-0.05, 0) is 75.6 Å². The van der Waals surface area contributed by atoms with E-state index in [0.717, 1.165) is 75.3 Å². The van der Waals surface area contributed by atoms with Crippen LogP contribution in [0.25, 0.3) is 11.0 Å². The molecule has 2 saturated heterocycles. The fourth-order valence-electron chi connectivity index (χ4n) is 9.83. The summed E-state index contributed by atoms with van der Waals surface area (Å²) in [4.78, 5) is 192. The molecule has 2 aliphatic heterocycles. The van der Waals surface area contributed by atoms with E-state index in [4.69, 9.17) is 42.3 Å². The van der Waals surface area contributed by atoms with Crippen LogP contribution >= 0.6 is 11.8 Å². The summed E-state index contributed by atoms with van der Waals surface area (Å²) < 4.78 is 69.4. The maximum Gasteiger partial charge on any atom is 0.513 e. The van der Waals surface area contributed by atoms with Crippen molar-refractivity contribution in [1.29, 1.82) is 0 Å². The van der Waals surface area contributed by atoms with Gasteiger partial charge in [0.2, 0.25) is 24.0 Å². The first kappa shape index (κ1) is 72.0. The normalized spacial score (nSPS) is 15.4. The SMILES string of the molecule is CCOC(=O)OC(C)OC(=O)[C@@H]1N2C(=O)[C@@H](NC(=O)C(NC(=O)CN(CCCN(CCCn3c(=O)oc4c(OC(=O)OC)cccc4c3=O)C(=O)c3cccc(OC(=O)OC)c3OC(=O)OC)C(=O)c3cccc(OC(=O)OC)c3OC(=O)OC)c3ccccc3)[C@H]2SC1(C)C. The van der Waals surface area contributed by atoms with Gasteiger partial charge in [-0.3, -0.25) is 28.8 Å². The number of β-lactam (4-membered cyclic amide) rings is 1. The number of fused-ring (bicyclic) bond motifs is 2. The van der Waals surface area contributed by atoms with Crippen LogP contribution in [0.4, 0.5) is 28.8 Å². The van der Waals surface area contributed by atoms with Gasteiger partial charge in [-0.1, -0.05) is 48.5 Å². The molecule has 96 heavy (non-hydrogen) atoms. The van der Waals surface area contributed by atoms with Crippen molar-refractivity contribution in [1.82, 2.24) is 29.9 Å². The molecule has 2 fully saturated rings. The van der Waals surface area contributed by atoms with E-state index in [2.05, 4.69) is 34.3 Å². The number of hydrogen-bond acceptors (Lipinski definition) is 29. The third kappa shape index (κ3) is 17.2. The number of aromatic nitrogens is 1. The van der Waals surface area contributed by atoms with Crippen molar-refractivity contribution in [2.75, 3.05) is 68.3 Å². The largest absolute Gasteiger partial charge is 0.513 e. The number of esters is 1. The topological polar surface area (TPSA) is 411 Å². The highest BCUT2D eigenvalue weighted by Gasteiger charge is 2.65. The highest BCUT2D eigenvalue weighted by Crippen LogP contribution is 2.51. The van der Waals surface area contributed by atoms with E-state index in [1.165, 1.54) is 60.4 Å². The standard InChI is InChI=1S/C61H64N6O28S/c1-10-87-60(81)89-32(2)88-53(74)46-61(3,4)96-52-42(51(73)67(46)52)63-47(69)41(33-19-12-11-13-20-33)62-40(68)31-65(49(71)35-22-15-26-39(92-57(78)84-7)45(35)95-59(80)86-9)29-17-27-64(48(70)34-21-14-25-38(91-56(77)83-6)44(34)94-58(79)85-8)28-18-30-66-50(72)36-23-16-24-37(90-55(76)82-5)43(36)93-54(66)75/h11-16,19-26,32,41-42,46,52H,10,17-18,27-31H2,1-9H3,(H,62,68)(H,63,69)/t32?,41?,42-,46+,52-/m1/s1. The minimum absolute atomic E-state index is 0.0156. The molecule has 0 saturated carbocycles. The average Bonchev–Trinajstić information content (AvgIpc) is 1.55. The number of hydrogen-bond donors (Lipinski definition) is 2. The van der Waals surface area contributed by atoms with E-state index in [-0.39, 0.29) is 41.7 Å². The maximum absolute atomic E-state index is 15.2. The number of amides is 5. The fourth-order valence-corrected chi connectivity index (χ4v) is 11.4. The zero-order chi connectivity index (χ0) is 70.1. The van der Waals surface area contributed by atoms with Crippen LogP contribution < -0.4 is 45.6 Å². The van der Waals surface area contributed by atoms with E-state index in [1.807, 2.05) is 0 Å². The summed E-state index contributed by atoms with van der Waals surface area (Å²) in [6.45, 7) is 3.33. The molecule has 0 aliphatic carbocycles. The lowest BCUT2D eigenvalue weighted by Crippen LogP contribution is -2.71. The van der Waals surface area contributed by atoms with E-state index in [0.29, 0.717) is 4.57 Å². The second-order valence-corrected chi connectivity index (χ2v) is 22.5. The van der Waals surface area contributed by atoms with Crippen molar-refractivity contribution >= 4 is 95.2 Å². The zero-order valence-electron chi connectivity index (χ0n) is 52.8. The van der Waals surface area contributed by atoms with Gasteiger partial charge in [0.15, 0.2) is 34.3 Å². The lowest BCUT2D eigenvalue weighted by Gasteiger charge is -2.44. The molecule has 1 aromatic heterocycles. The van der Waals surface area contributed by atoms with E-state index in [9.17, 15) is 57.5 Å². The Kier molecular flexibility index (Phi) is 24.3. The van der Waals surface area contributed by atoms with Crippen molar-refractivity contribution in [3.05, 3.63) is 123 Å². The Morgan fingerprint density at radius 1 is 0.615 bits per heavy atom. The molecule has 5 amide bonds. The van der Waals surface area contributed by atoms with Crippen LogP contribution in [0.3, 0.4) is 0 Å². The minimum atomic E-state index is -1.62. The molecule has 2 N–H and O–H groups in total. The molecule has 4 aromatic carbocycles. The minimum Gasteiger partial charge on any atom is -0.437 e. The number of nitrogens with one attached hydrogen (secondary N) is 2. The second-order valence-electron chi connectivity index (χ2n) is 20.7. The number of ether oxygens (including phenoxy) is 13. The number of rotatable bonds is 25. The molecule has 34 nitrogen and oxygen atoms in total. The molecule has 3 heterocycles. The number of carbonyl (C=O) groups is 12. The number of carbonyl (C=O) groups excluding carboxylic acids is 12.